The highest BCUT2D eigenvalue weighted by Gasteiger charge is 2.13. The first kappa shape index (κ1) is 21.5. The molecule has 0 fully saturated rings. The van der Waals surface area contributed by atoms with E-state index >= 15 is 0 Å². The van der Waals surface area contributed by atoms with Gasteiger partial charge in [-0.2, -0.15) is 5.10 Å². The van der Waals surface area contributed by atoms with E-state index in [2.05, 4.69) is 41.6 Å². The zero-order valence-electron chi connectivity index (χ0n) is 19.1. The molecule has 0 unspecified atom stereocenters. The average Bonchev–Trinajstić information content (AvgIpc) is 3.50. The van der Waals surface area contributed by atoms with Gasteiger partial charge in [0.15, 0.2) is 5.76 Å². The highest BCUT2D eigenvalue weighted by Crippen LogP contribution is 2.21. The van der Waals surface area contributed by atoms with Gasteiger partial charge in [0.05, 0.1) is 18.4 Å². The lowest BCUT2D eigenvalue weighted by molar-refractivity contribution is 0.0992. The van der Waals surface area contributed by atoms with Gasteiger partial charge < -0.3 is 14.5 Å². The molecule has 2 aromatic heterocycles. The first-order valence-electron chi connectivity index (χ1n) is 11.1. The SMILES string of the molecule is Cc1ccc(OCc2ccc(C(=O)Nc3cnn(Cc4cccc5ccccc45)c3)o2)cc1C. The van der Waals surface area contributed by atoms with Crippen LogP contribution in [-0.4, -0.2) is 15.7 Å². The number of rotatable bonds is 7. The number of aryl methyl sites for hydroxylation is 2. The Morgan fingerprint density at radius 2 is 1.85 bits per heavy atom. The Morgan fingerprint density at radius 1 is 1.00 bits per heavy atom. The highest BCUT2D eigenvalue weighted by molar-refractivity contribution is 6.02. The van der Waals surface area contributed by atoms with Gasteiger partial charge in [-0.05, 0) is 65.6 Å². The number of amides is 1. The zero-order chi connectivity index (χ0) is 23.5. The fourth-order valence-electron chi connectivity index (χ4n) is 3.85. The monoisotopic (exact) mass is 451 g/mol. The van der Waals surface area contributed by atoms with Crippen molar-refractivity contribution in [2.24, 2.45) is 0 Å². The predicted octanol–water partition coefficient (Wildman–Crippen LogP) is 6.13. The third-order valence-electron chi connectivity index (χ3n) is 5.85. The molecule has 0 saturated heterocycles. The summed E-state index contributed by atoms with van der Waals surface area (Å²) in [4.78, 5) is 12.6. The van der Waals surface area contributed by atoms with Crippen LogP contribution in [0.2, 0.25) is 0 Å². The molecule has 170 valence electrons. The van der Waals surface area contributed by atoms with Crippen LogP contribution in [0.4, 0.5) is 5.69 Å². The van der Waals surface area contributed by atoms with Gasteiger partial charge in [-0.3, -0.25) is 9.48 Å². The highest BCUT2D eigenvalue weighted by atomic mass is 16.5. The molecular formula is C28H25N3O3. The Balaban J connectivity index is 1.21. The largest absolute Gasteiger partial charge is 0.486 e. The van der Waals surface area contributed by atoms with Crippen LogP contribution in [0.1, 0.15) is 33.0 Å². The minimum Gasteiger partial charge on any atom is -0.486 e. The Hall–Kier alpha value is -4.32. The molecule has 0 aliphatic rings. The number of hydrogen-bond donors (Lipinski definition) is 1. The van der Waals surface area contributed by atoms with E-state index < -0.39 is 0 Å². The van der Waals surface area contributed by atoms with E-state index in [1.165, 1.54) is 21.9 Å². The summed E-state index contributed by atoms with van der Waals surface area (Å²) in [7, 11) is 0. The van der Waals surface area contributed by atoms with Gasteiger partial charge in [0.25, 0.3) is 5.91 Å². The molecule has 2 heterocycles. The second kappa shape index (κ2) is 9.27. The Bertz CT molecular complexity index is 1460. The molecule has 5 aromatic rings. The average molecular weight is 452 g/mol. The van der Waals surface area contributed by atoms with Crippen molar-refractivity contribution in [3.05, 3.63) is 113 Å². The maximum atomic E-state index is 12.6. The van der Waals surface area contributed by atoms with Crippen LogP contribution < -0.4 is 10.1 Å². The molecular weight excluding hydrogens is 426 g/mol. The fourth-order valence-corrected chi connectivity index (χ4v) is 3.85. The summed E-state index contributed by atoms with van der Waals surface area (Å²) >= 11 is 0. The number of furan rings is 1. The molecule has 0 aliphatic carbocycles. The van der Waals surface area contributed by atoms with Crippen LogP contribution in [0, 0.1) is 13.8 Å². The van der Waals surface area contributed by atoms with Gasteiger partial charge >= 0.3 is 0 Å². The number of carbonyl (C=O) groups is 1. The smallest absolute Gasteiger partial charge is 0.291 e. The Kier molecular flexibility index (Phi) is 5.87. The first-order chi connectivity index (χ1) is 16.5. The first-order valence-corrected chi connectivity index (χ1v) is 11.1. The van der Waals surface area contributed by atoms with Gasteiger partial charge in [-0.1, -0.05) is 48.5 Å². The van der Waals surface area contributed by atoms with E-state index in [0.29, 0.717) is 18.0 Å². The van der Waals surface area contributed by atoms with E-state index in [9.17, 15) is 4.79 Å². The quantitative estimate of drug-likeness (QED) is 0.323. The number of fused-ring (bicyclic) bond motifs is 1. The van der Waals surface area contributed by atoms with Crippen LogP contribution in [0.5, 0.6) is 5.75 Å². The number of nitrogens with zero attached hydrogens (tertiary/aromatic N) is 2. The zero-order valence-corrected chi connectivity index (χ0v) is 19.1. The Labute approximate surface area is 197 Å². The fraction of sp³-hybridized carbons (Fsp3) is 0.143. The number of nitrogens with one attached hydrogen (secondary N) is 1. The van der Waals surface area contributed by atoms with E-state index in [4.69, 9.17) is 9.15 Å². The number of carbonyl (C=O) groups excluding carboxylic acids is 1. The molecule has 0 radical (unpaired) electrons. The minimum absolute atomic E-state index is 0.223. The summed E-state index contributed by atoms with van der Waals surface area (Å²) in [6, 6.07) is 23.8. The lowest BCUT2D eigenvalue weighted by atomic mass is 10.0. The number of ether oxygens (including phenoxy) is 1. The van der Waals surface area contributed by atoms with Crippen molar-refractivity contribution in [3.63, 3.8) is 0 Å². The van der Waals surface area contributed by atoms with Gasteiger partial charge in [0.1, 0.15) is 18.1 Å². The van der Waals surface area contributed by atoms with Crippen molar-refractivity contribution in [1.82, 2.24) is 9.78 Å². The van der Waals surface area contributed by atoms with Crippen molar-refractivity contribution < 1.29 is 13.9 Å². The molecule has 5 rings (SSSR count). The van der Waals surface area contributed by atoms with Crippen LogP contribution in [0.15, 0.2) is 89.6 Å². The van der Waals surface area contributed by atoms with E-state index in [-0.39, 0.29) is 18.3 Å². The van der Waals surface area contributed by atoms with Gasteiger partial charge in [0, 0.05) is 6.20 Å². The molecule has 0 aliphatic heterocycles. The van der Waals surface area contributed by atoms with Crippen LogP contribution >= 0.6 is 0 Å². The summed E-state index contributed by atoms with van der Waals surface area (Å²) < 4.78 is 13.3. The van der Waals surface area contributed by atoms with Gasteiger partial charge in [-0.25, -0.2) is 0 Å². The lowest BCUT2D eigenvalue weighted by Gasteiger charge is -2.07. The summed E-state index contributed by atoms with van der Waals surface area (Å²) in [5.74, 6) is 1.24. The van der Waals surface area contributed by atoms with Crippen LogP contribution in [0.3, 0.4) is 0 Å². The lowest BCUT2D eigenvalue weighted by Crippen LogP contribution is -2.10. The standard InChI is InChI=1S/C28H25N3O3/c1-19-10-11-24(14-20(19)2)33-18-25-12-13-27(34-25)28(32)30-23-15-29-31(17-23)16-22-8-5-7-21-6-3-4-9-26(21)22/h3-15,17H,16,18H2,1-2H3,(H,30,32). The number of benzene rings is 3. The van der Waals surface area contributed by atoms with Crippen molar-refractivity contribution in [2.75, 3.05) is 5.32 Å². The number of aromatic nitrogens is 2. The Morgan fingerprint density at radius 3 is 2.74 bits per heavy atom. The van der Waals surface area contributed by atoms with Crippen molar-refractivity contribution in [3.8, 4) is 5.75 Å². The minimum atomic E-state index is -0.331. The maximum absolute atomic E-state index is 12.6. The van der Waals surface area contributed by atoms with E-state index in [0.717, 1.165) is 11.3 Å². The maximum Gasteiger partial charge on any atom is 0.291 e. The summed E-state index contributed by atoms with van der Waals surface area (Å²) in [5, 5.41) is 9.63. The van der Waals surface area contributed by atoms with Crippen molar-refractivity contribution in [1.29, 1.82) is 0 Å². The molecule has 1 N–H and O–H groups in total. The molecule has 34 heavy (non-hydrogen) atoms. The summed E-state index contributed by atoms with van der Waals surface area (Å²) in [6.45, 7) is 4.96. The molecule has 1 amide bonds. The van der Waals surface area contributed by atoms with Gasteiger partial charge in [0.2, 0.25) is 0 Å². The molecule has 6 heteroatoms. The van der Waals surface area contributed by atoms with Gasteiger partial charge in [-0.15, -0.1) is 0 Å². The molecule has 0 saturated carbocycles. The van der Waals surface area contributed by atoms with Crippen molar-refractivity contribution >= 4 is 22.4 Å². The second-order valence-corrected chi connectivity index (χ2v) is 8.32. The molecule has 6 nitrogen and oxygen atoms in total. The normalized spacial score (nSPS) is 11.0. The molecule has 0 atom stereocenters. The third-order valence-corrected chi connectivity index (χ3v) is 5.85. The number of anilines is 1. The predicted molar refractivity (Wildman–Crippen MR) is 132 cm³/mol. The van der Waals surface area contributed by atoms with E-state index in [1.807, 2.05) is 54.2 Å². The second-order valence-electron chi connectivity index (χ2n) is 8.32. The van der Waals surface area contributed by atoms with Crippen LogP contribution in [-0.2, 0) is 13.2 Å². The van der Waals surface area contributed by atoms with Crippen molar-refractivity contribution in [2.45, 2.75) is 27.0 Å². The molecule has 3 aromatic carbocycles. The summed E-state index contributed by atoms with van der Waals surface area (Å²) in [5.41, 5.74) is 4.15. The topological polar surface area (TPSA) is 69.3 Å². The summed E-state index contributed by atoms with van der Waals surface area (Å²) in [6.07, 6.45) is 3.45. The van der Waals surface area contributed by atoms with Crippen LogP contribution in [0.25, 0.3) is 10.8 Å². The van der Waals surface area contributed by atoms with E-state index in [1.54, 1.807) is 18.3 Å². The third kappa shape index (κ3) is 4.71. The molecule has 0 spiro atoms. The number of hydrogen-bond acceptors (Lipinski definition) is 4. The molecule has 0 bridgehead atoms.